The van der Waals surface area contributed by atoms with Crippen LogP contribution in [0.25, 0.3) is 0 Å². The fourth-order valence-corrected chi connectivity index (χ4v) is 2.74. The summed E-state index contributed by atoms with van der Waals surface area (Å²) in [5.74, 6) is 0.465. The summed E-state index contributed by atoms with van der Waals surface area (Å²) < 4.78 is 19.0. The molecule has 0 spiro atoms. The Bertz CT molecular complexity index is 543. The summed E-state index contributed by atoms with van der Waals surface area (Å²) >= 11 is 0. The molecule has 0 aliphatic carbocycles. The number of hydrogen-bond donors (Lipinski definition) is 3. The molecule has 3 N–H and O–H groups in total. The number of ether oxygens (including phenoxy) is 1. The number of halogens is 1. The molecule has 0 amide bonds. The molecular formula is C17H26FN3O2. The van der Waals surface area contributed by atoms with Crippen molar-refractivity contribution >= 4 is 5.96 Å². The number of aliphatic hydroxyl groups is 1. The van der Waals surface area contributed by atoms with Gasteiger partial charge in [0, 0.05) is 38.8 Å². The molecule has 1 atom stereocenters. The quantitative estimate of drug-likeness (QED) is 0.549. The Balaban J connectivity index is 1.86. The number of rotatable bonds is 6. The number of nitrogens with zero attached hydrogens (tertiary/aromatic N) is 1. The fraction of sp³-hybridized carbons (Fsp3) is 0.588. The van der Waals surface area contributed by atoms with Gasteiger partial charge < -0.3 is 20.5 Å². The van der Waals surface area contributed by atoms with Gasteiger partial charge in [-0.2, -0.15) is 0 Å². The highest BCUT2D eigenvalue weighted by Gasteiger charge is 2.34. The van der Waals surface area contributed by atoms with Gasteiger partial charge in [-0.25, -0.2) is 4.39 Å². The first-order valence-electron chi connectivity index (χ1n) is 7.97. The van der Waals surface area contributed by atoms with Crippen LogP contribution in [0.2, 0.25) is 0 Å². The van der Waals surface area contributed by atoms with Gasteiger partial charge in [0.15, 0.2) is 5.96 Å². The number of aliphatic imine (C=N–C) groups is 1. The molecule has 0 aromatic heterocycles. The standard InChI is InChI=1S/C17H26FN3O2/c1-13-3-4-14(9-15(13)18)10-20-16(19-2)21-11-17(5-7-22)6-8-23-12-17/h3-4,9,22H,5-8,10-12H2,1-2H3,(H2,19,20,21). The van der Waals surface area contributed by atoms with Crippen molar-refractivity contribution in [2.75, 3.05) is 33.4 Å². The number of hydrogen-bond acceptors (Lipinski definition) is 3. The van der Waals surface area contributed by atoms with Crippen LogP contribution in [0.4, 0.5) is 4.39 Å². The zero-order valence-electron chi connectivity index (χ0n) is 13.9. The number of aliphatic hydroxyl groups excluding tert-OH is 1. The van der Waals surface area contributed by atoms with E-state index in [1.807, 2.05) is 6.07 Å². The molecule has 5 nitrogen and oxygen atoms in total. The van der Waals surface area contributed by atoms with Crippen molar-refractivity contribution in [3.63, 3.8) is 0 Å². The molecule has 6 heteroatoms. The van der Waals surface area contributed by atoms with E-state index in [4.69, 9.17) is 4.74 Å². The number of guanidine groups is 1. The van der Waals surface area contributed by atoms with E-state index in [-0.39, 0.29) is 17.8 Å². The Hall–Kier alpha value is -1.66. The number of benzene rings is 1. The Morgan fingerprint density at radius 2 is 2.26 bits per heavy atom. The van der Waals surface area contributed by atoms with Crippen molar-refractivity contribution in [3.8, 4) is 0 Å². The third kappa shape index (κ3) is 4.91. The molecule has 2 rings (SSSR count). The maximum absolute atomic E-state index is 13.6. The summed E-state index contributed by atoms with van der Waals surface area (Å²) in [5.41, 5.74) is 1.47. The van der Waals surface area contributed by atoms with Gasteiger partial charge in [-0.1, -0.05) is 12.1 Å². The predicted molar refractivity (Wildman–Crippen MR) is 88.9 cm³/mol. The molecule has 0 saturated carbocycles. The molecule has 0 bridgehead atoms. The Morgan fingerprint density at radius 3 is 2.87 bits per heavy atom. The van der Waals surface area contributed by atoms with E-state index in [9.17, 15) is 9.50 Å². The van der Waals surface area contributed by atoms with Crippen LogP contribution in [-0.4, -0.2) is 44.5 Å². The topological polar surface area (TPSA) is 65.9 Å². The fourth-order valence-electron chi connectivity index (χ4n) is 2.74. The normalized spacial score (nSPS) is 21.5. The van der Waals surface area contributed by atoms with Crippen LogP contribution in [0.5, 0.6) is 0 Å². The van der Waals surface area contributed by atoms with E-state index in [0.717, 1.165) is 18.6 Å². The largest absolute Gasteiger partial charge is 0.396 e. The third-order valence-electron chi connectivity index (χ3n) is 4.38. The van der Waals surface area contributed by atoms with Gasteiger partial charge in [-0.15, -0.1) is 0 Å². The van der Waals surface area contributed by atoms with Gasteiger partial charge in [0.25, 0.3) is 0 Å². The third-order valence-corrected chi connectivity index (χ3v) is 4.38. The van der Waals surface area contributed by atoms with Crippen molar-refractivity contribution in [2.24, 2.45) is 10.4 Å². The number of aryl methyl sites for hydroxylation is 1. The molecule has 128 valence electrons. The van der Waals surface area contributed by atoms with E-state index < -0.39 is 0 Å². The Morgan fingerprint density at radius 1 is 1.43 bits per heavy atom. The first kappa shape index (κ1) is 17.7. The highest BCUT2D eigenvalue weighted by atomic mass is 19.1. The maximum Gasteiger partial charge on any atom is 0.191 e. The summed E-state index contributed by atoms with van der Waals surface area (Å²) in [4.78, 5) is 4.19. The van der Waals surface area contributed by atoms with E-state index in [0.29, 0.717) is 37.6 Å². The Kier molecular flexibility index (Phi) is 6.36. The summed E-state index contributed by atoms with van der Waals surface area (Å²) in [6.07, 6.45) is 1.64. The second kappa shape index (κ2) is 8.26. The van der Waals surface area contributed by atoms with E-state index in [2.05, 4.69) is 15.6 Å². The lowest BCUT2D eigenvalue weighted by Gasteiger charge is -2.27. The van der Waals surface area contributed by atoms with Crippen LogP contribution in [-0.2, 0) is 11.3 Å². The van der Waals surface area contributed by atoms with Gasteiger partial charge in [0.05, 0.1) is 6.61 Å². The summed E-state index contributed by atoms with van der Waals surface area (Å²) in [6, 6.07) is 5.21. The minimum Gasteiger partial charge on any atom is -0.396 e. The summed E-state index contributed by atoms with van der Waals surface area (Å²) in [7, 11) is 1.70. The van der Waals surface area contributed by atoms with Gasteiger partial charge in [-0.3, -0.25) is 4.99 Å². The van der Waals surface area contributed by atoms with Gasteiger partial charge in [0.2, 0.25) is 0 Å². The zero-order chi connectivity index (χ0) is 16.7. The number of nitrogens with one attached hydrogen (secondary N) is 2. The first-order valence-corrected chi connectivity index (χ1v) is 7.97. The highest BCUT2D eigenvalue weighted by Crippen LogP contribution is 2.31. The first-order chi connectivity index (χ1) is 11.1. The van der Waals surface area contributed by atoms with E-state index in [1.165, 1.54) is 6.07 Å². The zero-order valence-corrected chi connectivity index (χ0v) is 13.9. The second-order valence-electron chi connectivity index (χ2n) is 6.14. The minimum absolute atomic E-state index is 0.0393. The average Bonchev–Trinajstić information content (AvgIpc) is 3.00. The van der Waals surface area contributed by atoms with Crippen LogP contribution < -0.4 is 10.6 Å². The molecule has 1 fully saturated rings. The molecular weight excluding hydrogens is 297 g/mol. The van der Waals surface area contributed by atoms with E-state index in [1.54, 1.807) is 20.0 Å². The van der Waals surface area contributed by atoms with Crippen molar-refractivity contribution in [3.05, 3.63) is 35.1 Å². The minimum atomic E-state index is -0.197. The maximum atomic E-state index is 13.6. The molecule has 1 saturated heterocycles. The van der Waals surface area contributed by atoms with Crippen LogP contribution in [0, 0.1) is 18.2 Å². The van der Waals surface area contributed by atoms with Gasteiger partial charge >= 0.3 is 0 Å². The SMILES string of the molecule is CN=C(NCc1ccc(C)c(F)c1)NCC1(CCO)CCOC1. The molecule has 1 aliphatic heterocycles. The molecule has 0 radical (unpaired) electrons. The molecule has 1 aromatic rings. The molecule has 1 aliphatic rings. The van der Waals surface area contributed by atoms with Crippen LogP contribution in [0.1, 0.15) is 24.0 Å². The predicted octanol–water partition coefficient (Wildman–Crippen LogP) is 1.59. The molecule has 1 aromatic carbocycles. The van der Waals surface area contributed by atoms with Crippen molar-refractivity contribution in [1.82, 2.24) is 10.6 Å². The van der Waals surface area contributed by atoms with Crippen molar-refractivity contribution in [1.29, 1.82) is 0 Å². The second-order valence-corrected chi connectivity index (χ2v) is 6.14. The molecule has 1 unspecified atom stereocenters. The van der Waals surface area contributed by atoms with Crippen molar-refractivity contribution < 1.29 is 14.2 Å². The van der Waals surface area contributed by atoms with Crippen LogP contribution in [0.3, 0.4) is 0 Å². The molecule has 23 heavy (non-hydrogen) atoms. The lowest BCUT2D eigenvalue weighted by Crippen LogP contribution is -2.44. The van der Waals surface area contributed by atoms with Crippen molar-refractivity contribution in [2.45, 2.75) is 26.3 Å². The smallest absolute Gasteiger partial charge is 0.191 e. The summed E-state index contributed by atoms with van der Waals surface area (Å²) in [6.45, 7) is 4.48. The summed E-state index contributed by atoms with van der Waals surface area (Å²) in [5, 5.41) is 15.7. The van der Waals surface area contributed by atoms with E-state index >= 15 is 0 Å². The van der Waals surface area contributed by atoms with Crippen LogP contribution in [0.15, 0.2) is 23.2 Å². The van der Waals surface area contributed by atoms with Crippen LogP contribution >= 0.6 is 0 Å². The average molecular weight is 323 g/mol. The molecule has 1 heterocycles. The highest BCUT2D eigenvalue weighted by molar-refractivity contribution is 5.79. The van der Waals surface area contributed by atoms with Gasteiger partial charge in [0.1, 0.15) is 5.82 Å². The Labute approximate surface area is 137 Å². The lowest BCUT2D eigenvalue weighted by atomic mass is 9.84. The lowest BCUT2D eigenvalue weighted by molar-refractivity contribution is 0.127. The van der Waals surface area contributed by atoms with Gasteiger partial charge in [-0.05, 0) is 37.0 Å². The monoisotopic (exact) mass is 323 g/mol.